The lowest BCUT2D eigenvalue weighted by molar-refractivity contribution is 0.0643. The monoisotopic (exact) mass is 268 g/mol. The lowest BCUT2D eigenvalue weighted by Crippen LogP contribution is -2.32. The first-order valence-electron chi connectivity index (χ1n) is 7.62. The van der Waals surface area contributed by atoms with Crippen molar-refractivity contribution in [3.63, 3.8) is 0 Å². The highest BCUT2D eigenvalue weighted by atomic mass is 16.7. The lowest BCUT2D eigenvalue weighted by Gasteiger charge is -2.21. The van der Waals surface area contributed by atoms with E-state index in [1.807, 2.05) is 0 Å². The maximum absolute atomic E-state index is 11.6. The number of carbonyl (C=O) groups excluding carboxylic acids is 1. The van der Waals surface area contributed by atoms with E-state index in [0.717, 1.165) is 18.4 Å². The van der Waals surface area contributed by atoms with Gasteiger partial charge in [0.2, 0.25) is 0 Å². The Bertz CT molecular complexity index is 312. The number of hydroxylamine groups is 1. The first kappa shape index (κ1) is 13.2. The molecule has 0 aromatic heterocycles. The Labute approximate surface area is 114 Å². The minimum atomic E-state index is -0.299. The van der Waals surface area contributed by atoms with Crippen LogP contribution in [0.25, 0.3) is 0 Å². The summed E-state index contributed by atoms with van der Waals surface area (Å²) in [5.41, 5.74) is 2.70. The van der Waals surface area contributed by atoms with Gasteiger partial charge in [0.15, 0.2) is 0 Å². The van der Waals surface area contributed by atoms with E-state index in [1.165, 1.54) is 38.5 Å². The molecule has 2 N–H and O–H groups in total. The summed E-state index contributed by atoms with van der Waals surface area (Å²) >= 11 is 0. The summed E-state index contributed by atoms with van der Waals surface area (Å²) in [5, 5.41) is 2.90. The van der Waals surface area contributed by atoms with Crippen molar-refractivity contribution < 1.29 is 14.4 Å². The molecule has 0 bridgehead atoms. The zero-order chi connectivity index (χ0) is 13.1. The molecule has 3 aliphatic rings. The van der Waals surface area contributed by atoms with Gasteiger partial charge in [-0.25, -0.2) is 4.79 Å². The third-order valence-electron chi connectivity index (χ3n) is 4.70. The molecule has 1 saturated heterocycles. The van der Waals surface area contributed by atoms with Gasteiger partial charge in [0.05, 0.1) is 6.54 Å². The van der Waals surface area contributed by atoms with E-state index in [2.05, 4.69) is 10.8 Å². The second-order valence-electron chi connectivity index (χ2n) is 6.13. The molecular formula is C14H24N2O3. The van der Waals surface area contributed by atoms with Crippen LogP contribution in [0.4, 0.5) is 4.79 Å². The van der Waals surface area contributed by atoms with Crippen LogP contribution >= 0.6 is 0 Å². The van der Waals surface area contributed by atoms with Crippen LogP contribution in [0.5, 0.6) is 0 Å². The van der Waals surface area contributed by atoms with Gasteiger partial charge in [0.25, 0.3) is 0 Å². The molecule has 1 heterocycles. The Morgan fingerprint density at radius 1 is 1.32 bits per heavy atom. The maximum Gasteiger partial charge on any atom is 0.407 e. The predicted molar refractivity (Wildman–Crippen MR) is 70.4 cm³/mol. The van der Waals surface area contributed by atoms with Gasteiger partial charge in [-0.2, -0.15) is 5.48 Å². The van der Waals surface area contributed by atoms with Gasteiger partial charge in [-0.1, -0.05) is 32.1 Å². The fourth-order valence-electron chi connectivity index (χ4n) is 3.49. The summed E-state index contributed by atoms with van der Waals surface area (Å²) in [7, 11) is 0. The minimum absolute atomic E-state index is 0.145. The number of carbonyl (C=O) groups is 1. The van der Waals surface area contributed by atoms with E-state index in [1.54, 1.807) is 0 Å². The molecule has 0 unspecified atom stereocenters. The molecule has 2 aliphatic carbocycles. The fourth-order valence-corrected chi connectivity index (χ4v) is 3.49. The van der Waals surface area contributed by atoms with Crippen molar-refractivity contribution in [3.8, 4) is 0 Å². The van der Waals surface area contributed by atoms with E-state index in [-0.39, 0.29) is 12.2 Å². The molecule has 0 spiro atoms. The van der Waals surface area contributed by atoms with Crippen molar-refractivity contribution in [3.05, 3.63) is 0 Å². The number of amides is 1. The molecule has 0 aromatic rings. The fraction of sp³-hybridized carbons (Fsp3) is 0.929. The molecule has 1 aliphatic heterocycles. The largest absolute Gasteiger partial charge is 0.442 e. The predicted octanol–water partition coefficient (Wildman–Crippen LogP) is 1.83. The molecule has 0 aromatic carbocycles. The standard InChI is InChI=1S/C14H24N2O3/c17-14(19-12-8-16-18-9-12)15-7-11-6-13(11)10-4-2-1-3-5-10/h10-13,16H,1-9H2,(H,15,17)/t11-,12-,13-/m0/s1. The first-order valence-corrected chi connectivity index (χ1v) is 7.62. The van der Waals surface area contributed by atoms with E-state index >= 15 is 0 Å². The van der Waals surface area contributed by atoms with Crippen molar-refractivity contribution >= 4 is 6.09 Å². The molecule has 3 rings (SSSR count). The van der Waals surface area contributed by atoms with Crippen LogP contribution in [0.2, 0.25) is 0 Å². The van der Waals surface area contributed by atoms with Gasteiger partial charge in [0.1, 0.15) is 12.7 Å². The van der Waals surface area contributed by atoms with Crippen molar-refractivity contribution in [2.24, 2.45) is 17.8 Å². The smallest absolute Gasteiger partial charge is 0.407 e. The number of rotatable bonds is 4. The number of ether oxygens (including phenoxy) is 1. The number of alkyl carbamates (subject to hydrolysis) is 1. The molecule has 19 heavy (non-hydrogen) atoms. The molecular weight excluding hydrogens is 244 g/mol. The highest BCUT2D eigenvalue weighted by Crippen LogP contribution is 2.48. The number of nitrogens with one attached hydrogen (secondary N) is 2. The average molecular weight is 268 g/mol. The summed E-state index contributed by atoms with van der Waals surface area (Å²) in [4.78, 5) is 16.5. The molecule has 3 fully saturated rings. The quantitative estimate of drug-likeness (QED) is 0.816. The van der Waals surface area contributed by atoms with E-state index in [9.17, 15) is 4.79 Å². The Morgan fingerprint density at radius 2 is 2.16 bits per heavy atom. The summed E-state index contributed by atoms with van der Waals surface area (Å²) in [6.07, 6.45) is 7.86. The molecule has 1 amide bonds. The number of hydrogen-bond donors (Lipinski definition) is 2. The lowest BCUT2D eigenvalue weighted by atomic mass is 9.85. The second-order valence-corrected chi connectivity index (χ2v) is 6.13. The van der Waals surface area contributed by atoms with Gasteiger partial charge < -0.3 is 10.1 Å². The average Bonchev–Trinajstić information content (AvgIpc) is 3.05. The molecule has 0 radical (unpaired) electrons. The SMILES string of the molecule is O=C(NC[C@@H]1C[C@H]1C1CCCCC1)O[C@H]1CNOC1. The van der Waals surface area contributed by atoms with Gasteiger partial charge in [-0.15, -0.1) is 0 Å². The molecule has 3 atom stereocenters. The Kier molecular flexibility index (Phi) is 4.23. The normalized spacial score (nSPS) is 35.1. The second kappa shape index (κ2) is 6.09. The molecule has 2 saturated carbocycles. The Hall–Kier alpha value is -0.810. The van der Waals surface area contributed by atoms with Crippen LogP contribution < -0.4 is 10.8 Å². The van der Waals surface area contributed by atoms with Crippen molar-refractivity contribution in [2.75, 3.05) is 19.7 Å². The summed E-state index contributed by atoms with van der Waals surface area (Å²) in [5.74, 6) is 2.47. The van der Waals surface area contributed by atoms with Crippen LogP contribution in [0.1, 0.15) is 38.5 Å². The van der Waals surface area contributed by atoms with Crippen LogP contribution in [-0.2, 0) is 9.57 Å². The zero-order valence-corrected chi connectivity index (χ0v) is 11.4. The van der Waals surface area contributed by atoms with Gasteiger partial charge in [-0.3, -0.25) is 4.84 Å². The van der Waals surface area contributed by atoms with Crippen molar-refractivity contribution in [2.45, 2.75) is 44.6 Å². The molecule has 5 nitrogen and oxygen atoms in total. The summed E-state index contributed by atoms with van der Waals surface area (Å²) < 4.78 is 5.23. The van der Waals surface area contributed by atoms with E-state index in [0.29, 0.717) is 19.1 Å². The number of hydrogen-bond acceptors (Lipinski definition) is 4. The van der Waals surface area contributed by atoms with Crippen molar-refractivity contribution in [1.82, 2.24) is 10.8 Å². The summed E-state index contributed by atoms with van der Waals surface area (Å²) in [6.45, 7) is 1.81. The van der Waals surface area contributed by atoms with Gasteiger partial charge >= 0.3 is 6.09 Å². The Morgan fingerprint density at radius 3 is 2.89 bits per heavy atom. The third-order valence-corrected chi connectivity index (χ3v) is 4.70. The highest BCUT2D eigenvalue weighted by molar-refractivity contribution is 5.67. The van der Waals surface area contributed by atoms with Crippen molar-refractivity contribution in [1.29, 1.82) is 0 Å². The minimum Gasteiger partial charge on any atom is -0.442 e. The van der Waals surface area contributed by atoms with Gasteiger partial charge in [-0.05, 0) is 24.2 Å². The molecule has 108 valence electrons. The van der Waals surface area contributed by atoms with E-state index in [4.69, 9.17) is 9.57 Å². The Balaban J connectivity index is 1.31. The first-order chi connectivity index (χ1) is 9.33. The van der Waals surface area contributed by atoms with Crippen LogP contribution in [0.15, 0.2) is 0 Å². The van der Waals surface area contributed by atoms with Gasteiger partial charge in [0, 0.05) is 6.54 Å². The zero-order valence-electron chi connectivity index (χ0n) is 11.4. The molecule has 5 heteroatoms. The third kappa shape index (κ3) is 3.60. The van der Waals surface area contributed by atoms with E-state index < -0.39 is 0 Å². The van der Waals surface area contributed by atoms with Crippen LogP contribution in [0.3, 0.4) is 0 Å². The summed E-state index contributed by atoms with van der Waals surface area (Å²) in [6, 6.07) is 0. The maximum atomic E-state index is 11.6. The van der Waals surface area contributed by atoms with Crippen LogP contribution in [-0.4, -0.2) is 31.9 Å². The van der Waals surface area contributed by atoms with Crippen LogP contribution in [0, 0.1) is 17.8 Å². The topological polar surface area (TPSA) is 59.6 Å². The highest BCUT2D eigenvalue weighted by Gasteiger charge is 2.42.